The number of halogens is 1. The fourth-order valence-corrected chi connectivity index (χ4v) is 7.32. The number of fused-ring (bicyclic) bond motifs is 1. The van der Waals surface area contributed by atoms with Crippen LogP contribution < -0.4 is 4.90 Å². The number of aromatic nitrogens is 2. The third-order valence-corrected chi connectivity index (χ3v) is 9.57. The third-order valence-electron chi connectivity index (χ3n) is 7.25. The number of carbonyl (C=O) groups is 1. The van der Waals surface area contributed by atoms with E-state index in [0.29, 0.717) is 11.1 Å². The predicted molar refractivity (Wildman–Crippen MR) is 170 cm³/mol. The molecule has 218 valence electrons. The van der Waals surface area contributed by atoms with Crippen molar-refractivity contribution in [2.75, 3.05) is 38.2 Å². The molecule has 1 saturated heterocycles. The summed E-state index contributed by atoms with van der Waals surface area (Å²) in [6, 6.07) is 10.3. The van der Waals surface area contributed by atoms with Crippen molar-refractivity contribution in [3.63, 3.8) is 0 Å². The minimum Gasteiger partial charge on any atom is -0.467 e. The van der Waals surface area contributed by atoms with Crippen LogP contribution >= 0.6 is 34.3 Å². The Morgan fingerprint density at radius 3 is 2.34 bits per heavy atom. The molecule has 0 aliphatic carbocycles. The number of carbonyl (C=O) groups excluding carboxylic acids is 1. The largest absolute Gasteiger partial charge is 0.467 e. The molecule has 5 rings (SSSR count). The zero-order chi connectivity index (χ0) is 29.5. The smallest absolute Gasteiger partial charge is 0.339 e. The number of thiazole rings is 2. The van der Waals surface area contributed by atoms with Crippen LogP contribution in [-0.4, -0.2) is 65.8 Å². The van der Waals surface area contributed by atoms with Gasteiger partial charge in [-0.15, -0.1) is 22.7 Å². The molecule has 0 radical (unpaired) electrons. The molecule has 0 amide bonds. The van der Waals surface area contributed by atoms with E-state index < -0.39 is 17.7 Å². The Morgan fingerprint density at radius 2 is 1.73 bits per heavy atom. The van der Waals surface area contributed by atoms with Gasteiger partial charge in [-0.2, -0.15) is 0 Å². The van der Waals surface area contributed by atoms with Gasteiger partial charge in [-0.3, -0.25) is 4.90 Å². The van der Waals surface area contributed by atoms with Gasteiger partial charge in [-0.1, -0.05) is 23.7 Å². The fourth-order valence-electron chi connectivity index (χ4n) is 5.21. The highest BCUT2D eigenvalue weighted by Crippen LogP contribution is 2.45. The van der Waals surface area contributed by atoms with E-state index in [1.54, 1.807) is 22.7 Å². The molecular weight excluding hydrogens is 576 g/mol. The van der Waals surface area contributed by atoms with E-state index >= 15 is 0 Å². The summed E-state index contributed by atoms with van der Waals surface area (Å²) in [6.07, 6.45) is -0.906. The molecule has 1 aliphatic heterocycles. The molecule has 2 aromatic carbocycles. The maximum atomic E-state index is 13.2. The number of anilines is 1. The molecule has 1 aliphatic rings. The summed E-state index contributed by atoms with van der Waals surface area (Å²) in [4.78, 5) is 28.1. The van der Waals surface area contributed by atoms with Crippen molar-refractivity contribution >= 4 is 56.3 Å². The van der Waals surface area contributed by atoms with Crippen LogP contribution in [0.25, 0.3) is 31.4 Å². The topological polar surface area (TPSA) is 67.8 Å². The van der Waals surface area contributed by atoms with Gasteiger partial charge < -0.3 is 14.4 Å². The minimum absolute atomic E-state index is 0.440. The molecule has 0 saturated carbocycles. The lowest BCUT2D eigenvalue weighted by atomic mass is 9.91. The second-order valence-electron chi connectivity index (χ2n) is 11.6. The van der Waals surface area contributed by atoms with Crippen molar-refractivity contribution in [1.29, 1.82) is 0 Å². The molecule has 41 heavy (non-hydrogen) atoms. The van der Waals surface area contributed by atoms with Gasteiger partial charge in [0.2, 0.25) is 0 Å². The quantitative estimate of drug-likeness (QED) is 0.199. The fraction of sp³-hybridized carbons (Fsp3) is 0.452. The molecular formula is C31H37ClN4O3S2. The van der Waals surface area contributed by atoms with Crippen LogP contribution in [0.4, 0.5) is 5.82 Å². The summed E-state index contributed by atoms with van der Waals surface area (Å²) in [7, 11) is 1.39. The molecule has 7 nitrogen and oxygen atoms in total. The maximum absolute atomic E-state index is 13.2. The lowest BCUT2D eigenvalue weighted by molar-refractivity contribution is -0.164. The molecule has 0 unspecified atom stereocenters. The lowest BCUT2D eigenvalue weighted by Crippen LogP contribution is -2.49. The molecule has 0 spiro atoms. The number of piperazine rings is 1. The highest BCUT2D eigenvalue weighted by atomic mass is 35.5. The maximum Gasteiger partial charge on any atom is 0.339 e. The lowest BCUT2D eigenvalue weighted by Gasteiger charge is -2.37. The Morgan fingerprint density at radius 1 is 1.05 bits per heavy atom. The summed E-state index contributed by atoms with van der Waals surface area (Å²) in [5.41, 5.74) is 3.80. The predicted octanol–water partition coefficient (Wildman–Crippen LogP) is 7.61. The Hall–Kier alpha value is -2.56. The van der Waals surface area contributed by atoms with Gasteiger partial charge in [-0.05, 0) is 70.9 Å². The first kappa shape index (κ1) is 29.9. The molecule has 0 bridgehead atoms. The number of aryl methyl sites for hydroxylation is 1. The number of nitrogens with zero attached hydrogens (tertiary/aromatic N) is 4. The van der Waals surface area contributed by atoms with E-state index in [1.165, 1.54) is 7.11 Å². The van der Waals surface area contributed by atoms with E-state index in [4.69, 9.17) is 31.0 Å². The monoisotopic (exact) mass is 612 g/mol. The Bertz CT molecular complexity index is 1530. The van der Waals surface area contributed by atoms with E-state index in [-0.39, 0.29) is 0 Å². The first-order valence-electron chi connectivity index (χ1n) is 13.9. The number of rotatable bonds is 7. The number of methoxy groups -OCH3 is 1. The van der Waals surface area contributed by atoms with Gasteiger partial charge in [0.1, 0.15) is 5.82 Å². The van der Waals surface area contributed by atoms with Crippen LogP contribution in [0.5, 0.6) is 0 Å². The third kappa shape index (κ3) is 6.44. The summed E-state index contributed by atoms with van der Waals surface area (Å²) in [6.45, 7) is 16.3. The van der Waals surface area contributed by atoms with Crippen LogP contribution in [-0.2, 0) is 14.3 Å². The number of benzene rings is 2. The van der Waals surface area contributed by atoms with Crippen LogP contribution in [0.2, 0.25) is 5.02 Å². The number of hydrogen-bond donors (Lipinski definition) is 0. The highest BCUT2D eigenvalue weighted by molar-refractivity contribution is 7.25. The van der Waals surface area contributed by atoms with Gasteiger partial charge >= 0.3 is 5.97 Å². The highest BCUT2D eigenvalue weighted by Gasteiger charge is 2.33. The zero-order valence-corrected chi connectivity index (χ0v) is 27.0. The van der Waals surface area contributed by atoms with Crippen LogP contribution in [0.15, 0.2) is 35.7 Å². The first-order valence-corrected chi connectivity index (χ1v) is 15.9. The molecule has 10 heteroatoms. The number of hydrogen-bond acceptors (Lipinski definition) is 9. The zero-order valence-electron chi connectivity index (χ0n) is 24.7. The van der Waals surface area contributed by atoms with E-state index in [1.807, 2.05) is 58.0 Å². The van der Waals surface area contributed by atoms with Crippen LogP contribution in [0.1, 0.15) is 51.8 Å². The number of ether oxygens (including phenoxy) is 2. The minimum atomic E-state index is -0.906. The number of esters is 1. The second kappa shape index (κ2) is 12.0. The standard InChI is InChI=1S/C31H37ClN4O3S2/c1-18(2)35-12-14-36(15-13-35)23-17-40-28(34-23)29-33-22-16-19(3)24(26(30(37)38-7)39-31(4,5)6)25(27(22)41-29)20-8-10-21(32)11-9-20/h8-11,16-18,26H,12-15H2,1-7H3/t26-/m0/s1. The van der Waals surface area contributed by atoms with Crippen molar-refractivity contribution < 1.29 is 14.3 Å². The SMILES string of the molecule is COC(=O)[C@@H](OC(C)(C)C)c1c(C)cc2nc(-c3nc(N4CCN(C(C)C)CC4)cs3)sc2c1-c1ccc(Cl)cc1. The van der Waals surface area contributed by atoms with Crippen LogP contribution in [0.3, 0.4) is 0 Å². The average Bonchev–Trinajstić information content (AvgIpc) is 3.58. The molecule has 2 aromatic heterocycles. The molecule has 4 aromatic rings. The van der Waals surface area contributed by atoms with E-state index in [9.17, 15) is 4.79 Å². The van der Waals surface area contributed by atoms with Crippen molar-refractivity contribution in [2.24, 2.45) is 0 Å². The van der Waals surface area contributed by atoms with Gasteiger partial charge in [0, 0.05) is 53.8 Å². The Labute approximate surface area is 255 Å². The van der Waals surface area contributed by atoms with Crippen molar-refractivity contribution in [3.8, 4) is 21.1 Å². The summed E-state index contributed by atoms with van der Waals surface area (Å²) >= 11 is 9.47. The van der Waals surface area contributed by atoms with Gasteiger partial charge in [0.15, 0.2) is 16.1 Å². The van der Waals surface area contributed by atoms with Gasteiger partial charge in [-0.25, -0.2) is 14.8 Å². The van der Waals surface area contributed by atoms with Crippen molar-refractivity contribution in [3.05, 3.63) is 51.9 Å². The van der Waals surface area contributed by atoms with Crippen LogP contribution in [0, 0.1) is 6.92 Å². The Balaban J connectivity index is 1.61. The average molecular weight is 613 g/mol. The van der Waals surface area contributed by atoms with E-state index in [0.717, 1.165) is 74.5 Å². The Kier molecular flexibility index (Phi) is 8.74. The normalized spacial score (nSPS) is 15.6. The van der Waals surface area contributed by atoms with E-state index in [2.05, 4.69) is 29.0 Å². The summed E-state index contributed by atoms with van der Waals surface area (Å²) in [5, 5.41) is 4.52. The van der Waals surface area contributed by atoms with Crippen molar-refractivity contribution in [1.82, 2.24) is 14.9 Å². The molecule has 1 fully saturated rings. The summed E-state index contributed by atoms with van der Waals surface area (Å²) in [5.74, 6) is 0.566. The first-order chi connectivity index (χ1) is 19.4. The molecule has 3 heterocycles. The summed E-state index contributed by atoms with van der Waals surface area (Å²) < 4.78 is 12.5. The van der Waals surface area contributed by atoms with Crippen molar-refractivity contribution in [2.45, 2.75) is 59.3 Å². The molecule has 1 atom stereocenters. The second-order valence-corrected chi connectivity index (χ2v) is 13.9. The van der Waals surface area contributed by atoms with Gasteiger partial charge in [0.25, 0.3) is 0 Å². The van der Waals surface area contributed by atoms with Gasteiger partial charge in [0.05, 0.1) is 22.9 Å². The molecule has 0 N–H and O–H groups in total.